The summed E-state index contributed by atoms with van der Waals surface area (Å²) in [5.74, 6) is 1.89. The first-order chi connectivity index (χ1) is 8.15. The Hall–Kier alpha value is -1.02. The predicted molar refractivity (Wildman–Crippen MR) is 70.9 cm³/mol. The molecule has 0 saturated heterocycles. The second-order valence-electron chi connectivity index (χ2n) is 5.55. The molecule has 1 aromatic carbocycles. The predicted octanol–water partition coefficient (Wildman–Crippen LogP) is 3.09. The van der Waals surface area contributed by atoms with E-state index in [-0.39, 0.29) is 6.04 Å². The van der Waals surface area contributed by atoms with E-state index < -0.39 is 0 Å². The van der Waals surface area contributed by atoms with Crippen molar-refractivity contribution >= 4 is 0 Å². The molecule has 0 aromatic heterocycles. The van der Waals surface area contributed by atoms with Crippen LogP contribution in [-0.2, 0) is 6.42 Å². The number of hydrogen-bond acceptors (Lipinski definition) is 2. The molecule has 2 nitrogen and oxygen atoms in total. The van der Waals surface area contributed by atoms with Crippen molar-refractivity contribution in [1.29, 1.82) is 0 Å². The van der Waals surface area contributed by atoms with Gasteiger partial charge < -0.3 is 10.8 Å². The zero-order valence-electron chi connectivity index (χ0n) is 10.6. The van der Waals surface area contributed by atoms with Crippen LogP contribution in [0.2, 0.25) is 0 Å². The van der Waals surface area contributed by atoms with Crippen LogP contribution in [0.1, 0.15) is 38.2 Å². The van der Waals surface area contributed by atoms with Crippen LogP contribution in [0, 0.1) is 11.8 Å². The van der Waals surface area contributed by atoms with Crippen molar-refractivity contribution < 1.29 is 5.11 Å². The molecular weight excluding hydrogens is 210 g/mol. The van der Waals surface area contributed by atoms with Crippen LogP contribution in [0.3, 0.4) is 0 Å². The first-order valence-electron chi connectivity index (χ1n) is 6.68. The summed E-state index contributed by atoms with van der Waals surface area (Å²) in [5, 5.41) is 9.24. The molecular formula is C15H23NO. The fourth-order valence-electron chi connectivity index (χ4n) is 2.78. The van der Waals surface area contributed by atoms with Gasteiger partial charge in [-0.1, -0.05) is 31.9 Å². The van der Waals surface area contributed by atoms with Crippen LogP contribution in [0.5, 0.6) is 5.75 Å². The molecule has 1 aliphatic carbocycles. The number of phenols is 1. The third kappa shape index (κ3) is 3.47. The van der Waals surface area contributed by atoms with E-state index in [2.05, 4.69) is 6.92 Å². The highest BCUT2D eigenvalue weighted by atomic mass is 16.3. The Balaban J connectivity index is 1.88. The molecule has 1 saturated carbocycles. The number of rotatable bonds is 3. The molecule has 0 radical (unpaired) electrons. The number of phenolic OH excluding ortho intramolecular Hbond substituents is 1. The van der Waals surface area contributed by atoms with E-state index in [1.54, 1.807) is 12.1 Å². The Kier molecular flexibility index (Phi) is 4.06. The van der Waals surface area contributed by atoms with Gasteiger partial charge in [0.2, 0.25) is 0 Å². The minimum Gasteiger partial charge on any atom is -0.508 e. The fourth-order valence-corrected chi connectivity index (χ4v) is 2.78. The molecule has 1 atom stereocenters. The first kappa shape index (κ1) is 12.4. The van der Waals surface area contributed by atoms with Gasteiger partial charge in [0.1, 0.15) is 5.75 Å². The Bertz CT molecular complexity index is 338. The van der Waals surface area contributed by atoms with E-state index >= 15 is 0 Å². The van der Waals surface area contributed by atoms with Crippen molar-refractivity contribution in [2.75, 3.05) is 0 Å². The molecule has 0 aliphatic heterocycles. The average molecular weight is 233 g/mol. The summed E-state index contributed by atoms with van der Waals surface area (Å²) in [5.41, 5.74) is 7.53. The zero-order valence-corrected chi connectivity index (χ0v) is 10.6. The van der Waals surface area contributed by atoms with Crippen LogP contribution in [0.15, 0.2) is 24.3 Å². The molecule has 3 N–H and O–H groups in total. The molecule has 17 heavy (non-hydrogen) atoms. The summed E-state index contributed by atoms with van der Waals surface area (Å²) in [4.78, 5) is 0. The van der Waals surface area contributed by atoms with Gasteiger partial charge >= 0.3 is 0 Å². The molecule has 2 heteroatoms. The number of aromatic hydroxyl groups is 1. The molecule has 1 aromatic rings. The minimum absolute atomic E-state index is 0.270. The van der Waals surface area contributed by atoms with Crippen LogP contribution in [0.4, 0.5) is 0 Å². The van der Waals surface area contributed by atoms with E-state index in [4.69, 9.17) is 5.73 Å². The maximum Gasteiger partial charge on any atom is 0.115 e. The van der Waals surface area contributed by atoms with Gasteiger partial charge in [-0.15, -0.1) is 0 Å². The van der Waals surface area contributed by atoms with Crippen LogP contribution < -0.4 is 5.73 Å². The summed E-state index contributed by atoms with van der Waals surface area (Å²) in [6.45, 7) is 2.34. The lowest BCUT2D eigenvalue weighted by molar-refractivity contribution is 0.253. The second-order valence-corrected chi connectivity index (χ2v) is 5.55. The Morgan fingerprint density at radius 2 is 1.76 bits per heavy atom. The van der Waals surface area contributed by atoms with E-state index in [1.807, 2.05) is 12.1 Å². The summed E-state index contributed by atoms with van der Waals surface area (Å²) >= 11 is 0. The molecule has 1 fully saturated rings. The van der Waals surface area contributed by atoms with E-state index in [1.165, 1.54) is 31.2 Å². The van der Waals surface area contributed by atoms with Crippen LogP contribution in [-0.4, -0.2) is 11.1 Å². The molecule has 0 spiro atoms. The Labute approximate surface area is 104 Å². The van der Waals surface area contributed by atoms with E-state index in [0.717, 1.165) is 12.3 Å². The van der Waals surface area contributed by atoms with E-state index in [9.17, 15) is 5.11 Å². The standard InChI is InChI=1S/C15H23NO/c1-11-2-6-13(7-3-11)15(16)10-12-4-8-14(17)9-5-12/h4-5,8-9,11,13,15,17H,2-3,6-7,10,16H2,1H3. The Morgan fingerprint density at radius 1 is 1.18 bits per heavy atom. The summed E-state index contributed by atoms with van der Waals surface area (Å²) < 4.78 is 0. The SMILES string of the molecule is CC1CCC(C(N)Cc2ccc(O)cc2)CC1. The normalized spacial score (nSPS) is 26.7. The van der Waals surface area contributed by atoms with Gasteiger partial charge in [0.25, 0.3) is 0 Å². The molecule has 0 amide bonds. The quantitative estimate of drug-likeness (QED) is 0.842. The average Bonchev–Trinajstić information content (AvgIpc) is 2.33. The summed E-state index contributed by atoms with van der Waals surface area (Å²) in [6.07, 6.45) is 6.14. The second kappa shape index (κ2) is 5.54. The largest absolute Gasteiger partial charge is 0.508 e. The molecule has 94 valence electrons. The molecule has 0 bridgehead atoms. The maximum absolute atomic E-state index is 9.24. The topological polar surface area (TPSA) is 46.2 Å². The van der Waals surface area contributed by atoms with Crippen molar-refractivity contribution in [2.24, 2.45) is 17.6 Å². The monoisotopic (exact) mass is 233 g/mol. The lowest BCUT2D eigenvalue weighted by atomic mass is 9.78. The molecule has 0 heterocycles. The van der Waals surface area contributed by atoms with Gasteiger partial charge in [0.15, 0.2) is 0 Å². The third-order valence-electron chi connectivity index (χ3n) is 4.07. The molecule has 2 rings (SSSR count). The van der Waals surface area contributed by atoms with Gasteiger partial charge in [0, 0.05) is 6.04 Å². The lowest BCUT2D eigenvalue weighted by Crippen LogP contribution is -2.34. The fraction of sp³-hybridized carbons (Fsp3) is 0.600. The van der Waals surface area contributed by atoms with Gasteiger partial charge in [-0.05, 0) is 48.8 Å². The van der Waals surface area contributed by atoms with Crippen LogP contribution in [0.25, 0.3) is 0 Å². The minimum atomic E-state index is 0.270. The number of hydrogen-bond donors (Lipinski definition) is 2. The first-order valence-corrected chi connectivity index (χ1v) is 6.68. The number of nitrogens with two attached hydrogens (primary N) is 1. The van der Waals surface area contributed by atoms with Crippen molar-refractivity contribution in [3.05, 3.63) is 29.8 Å². The third-order valence-corrected chi connectivity index (χ3v) is 4.07. The van der Waals surface area contributed by atoms with Gasteiger partial charge in [0.05, 0.1) is 0 Å². The Morgan fingerprint density at radius 3 is 2.35 bits per heavy atom. The van der Waals surface area contributed by atoms with Gasteiger partial charge in [-0.3, -0.25) is 0 Å². The van der Waals surface area contributed by atoms with Crippen molar-refractivity contribution in [1.82, 2.24) is 0 Å². The summed E-state index contributed by atoms with van der Waals surface area (Å²) in [7, 11) is 0. The van der Waals surface area contributed by atoms with Crippen molar-refractivity contribution in [3.63, 3.8) is 0 Å². The van der Waals surface area contributed by atoms with Crippen LogP contribution >= 0.6 is 0 Å². The molecule has 1 unspecified atom stereocenters. The highest BCUT2D eigenvalue weighted by Gasteiger charge is 2.23. The highest BCUT2D eigenvalue weighted by molar-refractivity contribution is 5.26. The summed E-state index contributed by atoms with van der Waals surface area (Å²) in [6, 6.07) is 7.70. The van der Waals surface area contributed by atoms with Gasteiger partial charge in [-0.25, -0.2) is 0 Å². The smallest absolute Gasteiger partial charge is 0.115 e. The molecule has 1 aliphatic rings. The van der Waals surface area contributed by atoms with Crippen molar-refractivity contribution in [2.45, 2.75) is 45.1 Å². The maximum atomic E-state index is 9.24. The lowest BCUT2D eigenvalue weighted by Gasteiger charge is -2.30. The van der Waals surface area contributed by atoms with Gasteiger partial charge in [-0.2, -0.15) is 0 Å². The zero-order chi connectivity index (χ0) is 12.3. The van der Waals surface area contributed by atoms with E-state index in [0.29, 0.717) is 11.7 Å². The highest BCUT2D eigenvalue weighted by Crippen LogP contribution is 2.30. The number of benzene rings is 1. The van der Waals surface area contributed by atoms with Crippen molar-refractivity contribution in [3.8, 4) is 5.75 Å².